The summed E-state index contributed by atoms with van der Waals surface area (Å²) in [5.41, 5.74) is 1.59. The number of halogens is 2. The number of carbonyl (C=O) groups excluding carboxylic acids is 1. The van der Waals surface area contributed by atoms with Gasteiger partial charge in [-0.05, 0) is 55.3 Å². The Labute approximate surface area is 204 Å². The van der Waals surface area contributed by atoms with E-state index in [9.17, 15) is 13.2 Å². The third-order valence-corrected chi connectivity index (χ3v) is 8.17. The van der Waals surface area contributed by atoms with Crippen LogP contribution in [0.25, 0.3) is 0 Å². The van der Waals surface area contributed by atoms with Crippen molar-refractivity contribution in [3.63, 3.8) is 0 Å². The van der Waals surface area contributed by atoms with Crippen molar-refractivity contribution in [1.29, 1.82) is 0 Å². The van der Waals surface area contributed by atoms with Crippen LogP contribution >= 0.6 is 34.5 Å². The van der Waals surface area contributed by atoms with Crippen molar-refractivity contribution in [3.8, 4) is 0 Å². The van der Waals surface area contributed by atoms with E-state index in [0.717, 1.165) is 5.56 Å². The minimum absolute atomic E-state index is 0. The van der Waals surface area contributed by atoms with Crippen LogP contribution in [-0.2, 0) is 21.2 Å². The van der Waals surface area contributed by atoms with Gasteiger partial charge in [-0.15, -0.1) is 11.3 Å². The van der Waals surface area contributed by atoms with Gasteiger partial charge >= 0.3 is 0 Å². The number of benzene rings is 2. The Morgan fingerprint density at radius 3 is 2.69 bits per heavy atom. The maximum atomic E-state index is 12.8. The zero-order chi connectivity index (χ0) is 22.7. The fourth-order valence-electron chi connectivity index (χ4n) is 3.50. The molecule has 1 aromatic heterocycles. The number of rotatable bonds is 8. The summed E-state index contributed by atoms with van der Waals surface area (Å²) in [5, 5.41) is 6.32. The Bertz CT molecular complexity index is 1220. The van der Waals surface area contributed by atoms with Gasteiger partial charge in [0.25, 0.3) is 10.0 Å². The molecule has 0 radical (unpaired) electrons. The predicted molar refractivity (Wildman–Crippen MR) is 135 cm³/mol. The molecule has 1 atom stereocenters. The molecule has 1 aliphatic rings. The van der Waals surface area contributed by atoms with Crippen LogP contribution in [0.15, 0.2) is 58.9 Å². The smallest absolute Gasteiger partial charge is 0.263 e. The summed E-state index contributed by atoms with van der Waals surface area (Å²) < 4.78 is 27.4. The van der Waals surface area contributed by atoms with Crippen LogP contribution in [-0.4, -0.2) is 38.4 Å². The summed E-state index contributed by atoms with van der Waals surface area (Å²) in [6, 6.07) is 11.5. The summed E-state index contributed by atoms with van der Waals surface area (Å²) in [7, 11) is -3.73. The molecular formula is C21H26Cl2N4O3S2. The molecular weight excluding hydrogens is 491 g/mol. The molecule has 2 N–H and O–H groups in total. The molecule has 0 bridgehead atoms. The van der Waals surface area contributed by atoms with Gasteiger partial charge in [0.15, 0.2) is 5.13 Å². The van der Waals surface area contributed by atoms with E-state index in [1.54, 1.807) is 28.5 Å². The topological polar surface area (TPSA) is 91.4 Å². The largest absolute Gasteiger partial charge is 0.311 e. The molecule has 1 aliphatic heterocycles. The van der Waals surface area contributed by atoms with Gasteiger partial charge in [0.05, 0.1) is 21.0 Å². The predicted octanol–water partition coefficient (Wildman–Crippen LogP) is 4.93. The first-order chi connectivity index (χ1) is 15.3. The Hall–Kier alpha value is -2.17. The SMILES string of the molecule is O=C1[C@@H](NCCc2cccc(Cl)c2Cl)CCN1c1ccc(S(=O)(=O)Nc2nccs2)cc1.[HH].[HH].[HH]. The van der Waals surface area contributed by atoms with Crippen molar-refractivity contribution >= 4 is 61.3 Å². The molecule has 0 saturated carbocycles. The first kappa shape index (κ1) is 23.0. The third kappa shape index (κ3) is 5.07. The highest BCUT2D eigenvalue weighted by atomic mass is 35.5. The van der Waals surface area contributed by atoms with Crippen LogP contribution in [0.3, 0.4) is 0 Å². The van der Waals surface area contributed by atoms with Gasteiger partial charge in [0.2, 0.25) is 5.91 Å². The van der Waals surface area contributed by atoms with E-state index in [1.807, 2.05) is 12.1 Å². The third-order valence-electron chi connectivity index (χ3n) is 5.13. The number of aromatic nitrogens is 1. The number of carbonyl (C=O) groups is 1. The maximum Gasteiger partial charge on any atom is 0.263 e. The minimum Gasteiger partial charge on any atom is -0.311 e. The van der Waals surface area contributed by atoms with E-state index in [2.05, 4.69) is 15.0 Å². The van der Waals surface area contributed by atoms with Crippen molar-refractivity contribution in [1.82, 2.24) is 10.3 Å². The number of nitrogens with zero attached hydrogens (tertiary/aromatic N) is 2. The molecule has 4 rings (SSSR count). The van der Waals surface area contributed by atoms with E-state index in [4.69, 9.17) is 23.2 Å². The monoisotopic (exact) mass is 516 g/mol. The van der Waals surface area contributed by atoms with Crippen molar-refractivity contribution in [2.75, 3.05) is 22.7 Å². The molecule has 2 heterocycles. The molecule has 2 aromatic carbocycles. The Morgan fingerprint density at radius 2 is 1.97 bits per heavy atom. The van der Waals surface area contributed by atoms with Crippen LogP contribution in [0, 0.1) is 0 Å². The number of hydrogen-bond acceptors (Lipinski definition) is 6. The molecule has 0 unspecified atom stereocenters. The van der Waals surface area contributed by atoms with E-state index < -0.39 is 10.0 Å². The molecule has 11 heteroatoms. The Kier molecular flexibility index (Phi) is 7.02. The molecule has 0 spiro atoms. The fraction of sp³-hybridized carbons (Fsp3) is 0.238. The molecule has 174 valence electrons. The molecule has 32 heavy (non-hydrogen) atoms. The van der Waals surface area contributed by atoms with Gasteiger partial charge in [-0.25, -0.2) is 13.4 Å². The van der Waals surface area contributed by atoms with Gasteiger partial charge in [-0.2, -0.15) is 0 Å². The van der Waals surface area contributed by atoms with E-state index in [0.29, 0.717) is 46.8 Å². The van der Waals surface area contributed by atoms with Crippen LogP contribution < -0.4 is 14.9 Å². The zero-order valence-electron chi connectivity index (χ0n) is 16.8. The van der Waals surface area contributed by atoms with Crippen LogP contribution in [0.5, 0.6) is 0 Å². The van der Waals surface area contributed by atoms with Gasteiger partial charge in [-0.1, -0.05) is 35.3 Å². The lowest BCUT2D eigenvalue weighted by Gasteiger charge is -2.18. The maximum absolute atomic E-state index is 12.8. The average molecular weight is 518 g/mol. The van der Waals surface area contributed by atoms with Gasteiger partial charge < -0.3 is 10.2 Å². The fourth-order valence-corrected chi connectivity index (χ4v) is 5.70. The van der Waals surface area contributed by atoms with Crippen molar-refractivity contribution in [3.05, 3.63) is 69.7 Å². The highest BCUT2D eigenvalue weighted by Gasteiger charge is 2.32. The second-order valence-corrected chi connectivity index (χ2v) is 10.5. The Morgan fingerprint density at radius 1 is 1.19 bits per heavy atom. The highest BCUT2D eigenvalue weighted by Crippen LogP contribution is 2.27. The summed E-state index contributed by atoms with van der Waals surface area (Å²) in [5.74, 6) is -0.0429. The van der Waals surface area contributed by atoms with Gasteiger partial charge in [0, 0.05) is 28.1 Å². The van der Waals surface area contributed by atoms with E-state index in [-0.39, 0.29) is 21.1 Å². The van der Waals surface area contributed by atoms with E-state index in [1.165, 1.54) is 29.7 Å². The molecule has 1 amide bonds. The molecule has 3 aromatic rings. The molecule has 0 aliphatic carbocycles. The number of anilines is 2. The van der Waals surface area contributed by atoms with Crippen LogP contribution in [0.2, 0.25) is 10.0 Å². The normalized spacial score (nSPS) is 16.5. The molecule has 1 fully saturated rings. The lowest BCUT2D eigenvalue weighted by molar-refractivity contribution is -0.118. The van der Waals surface area contributed by atoms with Gasteiger partial charge in [0.1, 0.15) is 0 Å². The van der Waals surface area contributed by atoms with Gasteiger partial charge in [-0.3, -0.25) is 9.52 Å². The highest BCUT2D eigenvalue weighted by molar-refractivity contribution is 7.93. The number of thiazole rings is 1. The number of amides is 1. The van der Waals surface area contributed by atoms with Crippen molar-refractivity contribution < 1.29 is 17.5 Å². The first-order valence-corrected chi connectivity index (χ1v) is 13.0. The standard InChI is InChI=1S/C21H20Cl2N4O3S2.3H2/c22-17-3-1-2-14(19(17)23)8-10-24-18-9-12-27(20(18)28)15-4-6-16(7-5-15)32(29,30)26-21-25-11-13-31-21;;;/h1-7,11,13,18,24H,8-10,12H2,(H,25,26);3*1H/t18-;;;/m0.../s1. The number of sulfonamides is 1. The second-order valence-electron chi connectivity index (χ2n) is 7.18. The van der Waals surface area contributed by atoms with E-state index >= 15 is 0 Å². The lowest BCUT2D eigenvalue weighted by Crippen LogP contribution is -2.39. The quantitative estimate of drug-likeness (QED) is 0.442. The van der Waals surface area contributed by atoms with Crippen molar-refractivity contribution in [2.24, 2.45) is 0 Å². The first-order valence-electron chi connectivity index (χ1n) is 9.85. The summed E-state index contributed by atoms with van der Waals surface area (Å²) in [6.45, 7) is 1.14. The summed E-state index contributed by atoms with van der Waals surface area (Å²) in [6.07, 6.45) is 2.84. The molecule has 1 saturated heterocycles. The summed E-state index contributed by atoms with van der Waals surface area (Å²) >= 11 is 13.5. The second kappa shape index (κ2) is 9.76. The minimum atomic E-state index is -3.73. The zero-order valence-corrected chi connectivity index (χ0v) is 19.9. The van der Waals surface area contributed by atoms with Crippen molar-refractivity contribution in [2.45, 2.75) is 23.8 Å². The Balaban J connectivity index is 0.00000204. The summed E-state index contributed by atoms with van der Waals surface area (Å²) in [4.78, 5) is 18.5. The van der Waals surface area contributed by atoms with Crippen LogP contribution in [0.1, 0.15) is 16.3 Å². The lowest BCUT2D eigenvalue weighted by atomic mass is 10.1. The number of hydrogen-bond donors (Lipinski definition) is 2. The molecule has 7 nitrogen and oxygen atoms in total. The van der Waals surface area contributed by atoms with Crippen LogP contribution in [0.4, 0.5) is 10.8 Å². The number of nitrogens with one attached hydrogen (secondary N) is 2. The average Bonchev–Trinajstić information content (AvgIpc) is 3.41.